The highest BCUT2D eigenvalue weighted by molar-refractivity contribution is 5.99. The molecule has 2 aromatic carbocycles. The van der Waals surface area contributed by atoms with Crippen LogP contribution in [0, 0.1) is 0 Å². The molecule has 27 heavy (non-hydrogen) atoms. The summed E-state index contributed by atoms with van der Waals surface area (Å²) in [5.74, 6) is -1.12. The normalized spacial score (nSPS) is 10.8. The number of carbonyl (C=O) groups is 3. The van der Waals surface area contributed by atoms with Gasteiger partial charge in [0.05, 0.1) is 19.2 Å². The first-order valence-corrected chi connectivity index (χ1v) is 8.57. The molecule has 6 nitrogen and oxygen atoms in total. The Morgan fingerprint density at radius 2 is 1.44 bits per heavy atom. The second-order valence-electron chi connectivity index (χ2n) is 7.13. The van der Waals surface area contributed by atoms with E-state index in [1.54, 1.807) is 36.4 Å². The minimum Gasteiger partial charge on any atom is -0.465 e. The fourth-order valence-corrected chi connectivity index (χ4v) is 2.40. The third kappa shape index (κ3) is 5.67. The molecule has 0 aromatic heterocycles. The number of hydrogen-bond donors (Lipinski definition) is 2. The maximum atomic E-state index is 12.2. The quantitative estimate of drug-likeness (QED) is 0.794. The topological polar surface area (TPSA) is 84.5 Å². The second-order valence-corrected chi connectivity index (χ2v) is 7.13. The zero-order chi connectivity index (χ0) is 20.0. The van der Waals surface area contributed by atoms with Gasteiger partial charge in [-0.15, -0.1) is 0 Å². The molecule has 0 aliphatic heterocycles. The molecule has 2 amide bonds. The Labute approximate surface area is 158 Å². The number of amides is 2. The molecule has 0 atom stereocenters. The van der Waals surface area contributed by atoms with Gasteiger partial charge in [0.25, 0.3) is 5.91 Å². The summed E-state index contributed by atoms with van der Waals surface area (Å²) in [4.78, 5) is 35.5. The summed E-state index contributed by atoms with van der Waals surface area (Å²) in [6.07, 6.45) is 0. The third-order valence-electron chi connectivity index (χ3n) is 4.01. The van der Waals surface area contributed by atoms with E-state index in [9.17, 15) is 14.4 Å². The van der Waals surface area contributed by atoms with Crippen molar-refractivity contribution >= 4 is 23.5 Å². The van der Waals surface area contributed by atoms with Crippen LogP contribution < -0.4 is 10.6 Å². The minimum atomic E-state index is -0.447. The Hall–Kier alpha value is -3.15. The monoisotopic (exact) mass is 368 g/mol. The van der Waals surface area contributed by atoms with Gasteiger partial charge in [-0.25, -0.2) is 4.79 Å². The average molecular weight is 368 g/mol. The molecule has 0 fully saturated rings. The van der Waals surface area contributed by atoms with Gasteiger partial charge in [0.2, 0.25) is 5.91 Å². The lowest BCUT2D eigenvalue weighted by Crippen LogP contribution is -2.32. The van der Waals surface area contributed by atoms with Crippen molar-refractivity contribution in [1.29, 1.82) is 0 Å². The van der Waals surface area contributed by atoms with Crippen LogP contribution in [0.5, 0.6) is 0 Å². The van der Waals surface area contributed by atoms with E-state index in [1.165, 1.54) is 7.11 Å². The van der Waals surface area contributed by atoms with Gasteiger partial charge >= 0.3 is 5.97 Å². The number of benzene rings is 2. The molecule has 0 bridgehead atoms. The number of methoxy groups -OCH3 is 1. The maximum absolute atomic E-state index is 12.2. The third-order valence-corrected chi connectivity index (χ3v) is 4.01. The number of carbonyl (C=O) groups excluding carboxylic acids is 3. The van der Waals surface area contributed by atoms with E-state index in [0.29, 0.717) is 16.8 Å². The summed E-state index contributed by atoms with van der Waals surface area (Å²) in [5.41, 5.74) is 2.56. The molecule has 142 valence electrons. The molecule has 0 unspecified atom stereocenters. The number of hydrogen-bond acceptors (Lipinski definition) is 4. The van der Waals surface area contributed by atoms with Crippen molar-refractivity contribution in [2.75, 3.05) is 19.0 Å². The van der Waals surface area contributed by atoms with Crippen LogP contribution in [0.1, 0.15) is 47.1 Å². The zero-order valence-corrected chi connectivity index (χ0v) is 16.0. The highest BCUT2D eigenvalue weighted by atomic mass is 16.5. The van der Waals surface area contributed by atoms with E-state index >= 15 is 0 Å². The highest BCUT2D eigenvalue weighted by Crippen LogP contribution is 2.22. The molecular formula is C21H24N2O4. The van der Waals surface area contributed by atoms with Gasteiger partial charge in [0.15, 0.2) is 0 Å². The molecule has 0 aliphatic carbocycles. The highest BCUT2D eigenvalue weighted by Gasteiger charge is 2.14. The Morgan fingerprint density at radius 1 is 0.889 bits per heavy atom. The molecule has 0 spiro atoms. The van der Waals surface area contributed by atoms with Crippen molar-refractivity contribution in [1.82, 2.24) is 5.32 Å². The molecular weight excluding hydrogens is 344 g/mol. The Morgan fingerprint density at radius 3 is 1.96 bits per heavy atom. The molecule has 0 radical (unpaired) electrons. The van der Waals surface area contributed by atoms with Crippen molar-refractivity contribution in [2.45, 2.75) is 26.2 Å². The van der Waals surface area contributed by atoms with E-state index in [4.69, 9.17) is 0 Å². The summed E-state index contributed by atoms with van der Waals surface area (Å²) in [6, 6.07) is 13.6. The van der Waals surface area contributed by atoms with Crippen molar-refractivity contribution in [2.24, 2.45) is 0 Å². The fraction of sp³-hybridized carbons (Fsp3) is 0.286. The van der Waals surface area contributed by atoms with E-state index < -0.39 is 5.97 Å². The van der Waals surface area contributed by atoms with Crippen molar-refractivity contribution < 1.29 is 19.1 Å². The first kappa shape index (κ1) is 20.2. The lowest BCUT2D eigenvalue weighted by molar-refractivity contribution is -0.115. The summed E-state index contributed by atoms with van der Waals surface area (Å²) >= 11 is 0. The Balaban J connectivity index is 1.87. The minimum absolute atomic E-state index is 0.0122. The predicted molar refractivity (Wildman–Crippen MR) is 104 cm³/mol. The van der Waals surface area contributed by atoms with Gasteiger partial charge in [-0.2, -0.15) is 0 Å². The van der Waals surface area contributed by atoms with Crippen LogP contribution in [0.15, 0.2) is 48.5 Å². The van der Waals surface area contributed by atoms with Gasteiger partial charge in [-0.3, -0.25) is 9.59 Å². The average Bonchev–Trinajstić information content (AvgIpc) is 2.65. The molecule has 0 saturated carbocycles. The number of esters is 1. The Bertz CT molecular complexity index is 819. The maximum Gasteiger partial charge on any atom is 0.337 e. The first-order valence-electron chi connectivity index (χ1n) is 8.57. The van der Waals surface area contributed by atoms with Crippen LogP contribution in [-0.4, -0.2) is 31.4 Å². The van der Waals surface area contributed by atoms with Crippen LogP contribution in [-0.2, 0) is 14.9 Å². The molecule has 0 aliphatic rings. The van der Waals surface area contributed by atoms with E-state index in [0.717, 1.165) is 5.56 Å². The van der Waals surface area contributed by atoms with Gasteiger partial charge < -0.3 is 15.4 Å². The summed E-state index contributed by atoms with van der Waals surface area (Å²) in [6.45, 7) is 6.15. The summed E-state index contributed by atoms with van der Waals surface area (Å²) < 4.78 is 4.62. The standard InChI is InChI=1S/C21H24N2O4/c1-21(2,3)16-9-5-14(6-10-16)19(25)22-13-18(24)23-17-11-7-15(8-12-17)20(26)27-4/h5-12H,13H2,1-4H3,(H,22,25)(H,23,24). The summed E-state index contributed by atoms with van der Waals surface area (Å²) in [7, 11) is 1.30. The van der Waals surface area contributed by atoms with Gasteiger partial charge in [-0.05, 0) is 47.4 Å². The number of rotatable bonds is 5. The Kier molecular flexibility index (Phi) is 6.34. The van der Waals surface area contributed by atoms with Gasteiger partial charge in [0, 0.05) is 11.3 Å². The van der Waals surface area contributed by atoms with Crippen LogP contribution in [0.25, 0.3) is 0 Å². The van der Waals surface area contributed by atoms with Crippen molar-refractivity contribution in [3.05, 3.63) is 65.2 Å². The van der Waals surface area contributed by atoms with Crippen molar-refractivity contribution in [3.8, 4) is 0 Å². The fourth-order valence-electron chi connectivity index (χ4n) is 2.40. The molecule has 0 heterocycles. The number of ether oxygens (including phenoxy) is 1. The van der Waals surface area contributed by atoms with Gasteiger partial charge in [0.1, 0.15) is 0 Å². The molecule has 0 saturated heterocycles. The predicted octanol–water partition coefficient (Wildman–Crippen LogP) is 3.14. The van der Waals surface area contributed by atoms with Crippen molar-refractivity contribution in [3.63, 3.8) is 0 Å². The van der Waals surface area contributed by atoms with E-state index in [2.05, 4.69) is 36.1 Å². The van der Waals surface area contributed by atoms with Crippen LogP contribution in [0.4, 0.5) is 5.69 Å². The zero-order valence-electron chi connectivity index (χ0n) is 16.0. The van der Waals surface area contributed by atoms with E-state index in [-0.39, 0.29) is 23.8 Å². The van der Waals surface area contributed by atoms with Crippen LogP contribution >= 0.6 is 0 Å². The van der Waals surface area contributed by atoms with E-state index in [1.807, 2.05) is 12.1 Å². The largest absolute Gasteiger partial charge is 0.465 e. The van der Waals surface area contributed by atoms with Crippen LogP contribution in [0.3, 0.4) is 0 Å². The first-order chi connectivity index (χ1) is 12.7. The lowest BCUT2D eigenvalue weighted by Gasteiger charge is -2.19. The molecule has 2 aromatic rings. The molecule has 2 rings (SSSR count). The molecule has 2 N–H and O–H groups in total. The SMILES string of the molecule is COC(=O)c1ccc(NC(=O)CNC(=O)c2ccc(C(C)(C)C)cc2)cc1. The second kappa shape index (κ2) is 8.49. The van der Waals surface area contributed by atoms with Gasteiger partial charge in [-0.1, -0.05) is 32.9 Å². The summed E-state index contributed by atoms with van der Waals surface area (Å²) in [5, 5.41) is 5.25. The lowest BCUT2D eigenvalue weighted by atomic mass is 9.87. The van der Waals surface area contributed by atoms with Crippen LogP contribution in [0.2, 0.25) is 0 Å². The number of anilines is 1. The number of nitrogens with one attached hydrogen (secondary N) is 2. The molecule has 6 heteroatoms. The smallest absolute Gasteiger partial charge is 0.337 e.